The first kappa shape index (κ1) is 12.2. The van der Waals surface area contributed by atoms with Crippen molar-refractivity contribution >= 4 is 11.8 Å². The summed E-state index contributed by atoms with van der Waals surface area (Å²) in [5.41, 5.74) is 2.80. The molecule has 98 valence electrons. The Morgan fingerprint density at radius 2 is 1.89 bits per heavy atom. The van der Waals surface area contributed by atoms with Gasteiger partial charge in [0, 0.05) is 18.8 Å². The molecule has 0 aliphatic carbocycles. The van der Waals surface area contributed by atoms with Crippen LogP contribution >= 0.6 is 11.8 Å². The molecular weight excluding hydrogens is 246 g/mol. The van der Waals surface area contributed by atoms with Crippen molar-refractivity contribution in [2.75, 3.05) is 33.1 Å². The Morgan fingerprint density at radius 3 is 2.61 bits per heavy atom. The third-order valence-electron chi connectivity index (χ3n) is 4.11. The van der Waals surface area contributed by atoms with Crippen molar-refractivity contribution in [2.24, 2.45) is 0 Å². The number of fused-ring (bicyclic) bond motifs is 3. The van der Waals surface area contributed by atoms with Gasteiger partial charge in [0.05, 0.1) is 19.1 Å². The van der Waals surface area contributed by atoms with Gasteiger partial charge < -0.3 is 9.47 Å². The molecule has 3 rings (SSSR count). The van der Waals surface area contributed by atoms with Gasteiger partial charge in [-0.1, -0.05) is 0 Å². The Balaban J connectivity index is 2.13. The topological polar surface area (TPSA) is 21.7 Å². The van der Waals surface area contributed by atoms with Crippen molar-refractivity contribution in [3.05, 3.63) is 23.3 Å². The third kappa shape index (κ3) is 1.62. The third-order valence-corrected chi connectivity index (χ3v) is 5.53. The lowest BCUT2D eigenvalue weighted by atomic mass is 9.92. The molecule has 18 heavy (non-hydrogen) atoms. The van der Waals surface area contributed by atoms with Gasteiger partial charge in [-0.25, -0.2) is 0 Å². The van der Waals surface area contributed by atoms with Gasteiger partial charge in [-0.2, -0.15) is 0 Å². The van der Waals surface area contributed by atoms with Gasteiger partial charge in [0.15, 0.2) is 11.5 Å². The van der Waals surface area contributed by atoms with Gasteiger partial charge >= 0.3 is 0 Å². The number of benzene rings is 1. The van der Waals surface area contributed by atoms with E-state index in [4.69, 9.17) is 9.47 Å². The largest absolute Gasteiger partial charge is 0.493 e. The molecular formula is C14H19NO2S. The molecule has 0 N–H and O–H groups in total. The van der Waals surface area contributed by atoms with Crippen LogP contribution in [0, 0.1) is 0 Å². The van der Waals surface area contributed by atoms with Crippen molar-refractivity contribution in [1.29, 1.82) is 0 Å². The lowest BCUT2D eigenvalue weighted by Gasteiger charge is -2.40. The Bertz CT molecular complexity index is 477. The molecule has 2 aliphatic rings. The van der Waals surface area contributed by atoms with Crippen molar-refractivity contribution in [3.63, 3.8) is 0 Å². The first-order valence-electron chi connectivity index (χ1n) is 6.33. The fourth-order valence-corrected chi connectivity index (χ4v) is 4.47. The number of rotatable bonds is 2. The second kappa shape index (κ2) is 4.35. The number of methoxy groups -OCH3 is 2. The molecule has 0 radical (unpaired) electrons. The van der Waals surface area contributed by atoms with E-state index in [1.165, 1.54) is 23.4 Å². The molecule has 1 saturated heterocycles. The smallest absolute Gasteiger partial charge is 0.161 e. The minimum absolute atomic E-state index is 0.118. The highest BCUT2D eigenvalue weighted by Crippen LogP contribution is 2.50. The fraction of sp³-hybridized carbons (Fsp3) is 0.571. The van der Waals surface area contributed by atoms with Gasteiger partial charge in [0.2, 0.25) is 0 Å². The number of hydrogen-bond acceptors (Lipinski definition) is 4. The summed E-state index contributed by atoms with van der Waals surface area (Å²) < 4.78 is 10.8. The van der Waals surface area contributed by atoms with Crippen molar-refractivity contribution in [2.45, 2.75) is 18.2 Å². The molecule has 1 aromatic rings. The van der Waals surface area contributed by atoms with Crippen LogP contribution in [0.1, 0.15) is 18.1 Å². The minimum Gasteiger partial charge on any atom is -0.493 e. The lowest BCUT2D eigenvalue weighted by Crippen LogP contribution is -2.42. The van der Waals surface area contributed by atoms with Crippen LogP contribution in [-0.4, -0.2) is 38.0 Å². The number of thioether (sulfide) groups is 1. The van der Waals surface area contributed by atoms with Crippen LogP contribution in [0.25, 0.3) is 0 Å². The monoisotopic (exact) mass is 265 g/mol. The molecule has 1 aromatic carbocycles. The molecule has 1 unspecified atom stereocenters. The maximum atomic E-state index is 5.44. The summed E-state index contributed by atoms with van der Waals surface area (Å²) in [5, 5.41) is 0. The highest BCUT2D eigenvalue weighted by molar-refractivity contribution is 8.00. The molecule has 1 fully saturated rings. The zero-order valence-electron chi connectivity index (χ0n) is 11.2. The van der Waals surface area contributed by atoms with E-state index in [9.17, 15) is 0 Å². The van der Waals surface area contributed by atoms with Gasteiger partial charge in [0.1, 0.15) is 0 Å². The van der Waals surface area contributed by atoms with Crippen LogP contribution in [0.3, 0.4) is 0 Å². The molecule has 2 aliphatic heterocycles. The zero-order valence-corrected chi connectivity index (χ0v) is 12.0. The van der Waals surface area contributed by atoms with Gasteiger partial charge in [-0.05, 0) is 36.6 Å². The number of nitrogens with zero attached hydrogens (tertiary/aromatic N) is 1. The molecule has 2 heterocycles. The highest BCUT2D eigenvalue weighted by Gasteiger charge is 2.43. The average molecular weight is 265 g/mol. The highest BCUT2D eigenvalue weighted by atomic mass is 32.2. The standard InChI is InChI=1S/C14H19NO2S/c1-14-11-9-13(17-3)12(16-2)8-10(11)4-5-15(14)6-7-18-14/h8-9H,4-7H2,1-3H3. The molecule has 0 amide bonds. The SMILES string of the molecule is COc1cc2c(cc1OC)C1(C)SCCN1CC2. The fourth-order valence-electron chi connectivity index (χ4n) is 3.05. The molecule has 0 aromatic heterocycles. The first-order chi connectivity index (χ1) is 8.69. The van der Waals surface area contributed by atoms with Crippen LogP contribution in [-0.2, 0) is 11.3 Å². The molecule has 4 heteroatoms. The van der Waals surface area contributed by atoms with Gasteiger partial charge in [-0.3, -0.25) is 4.90 Å². The second-order valence-electron chi connectivity index (χ2n) is 4.93. The second-order valence-corrected chi connectivity index (χ2v) is 6.42. The predicted molar refractivity (Wildman–Crippen MR) is 74.6 cm³/mol. The Labute approximate surface area is 112 Å². The van der Waals surface area contributed by atoms with Crippen LogP contribution in [0.5, 0.6) is 11.5 Å². The Morgan fingerprint density at radius 1 is 1.17 bits per heavy atom. The minimum atomic E-state index is 0.118. The van der Waals surface area contributed by atoms with E-state index in [0.29, 0.717) is 0 Å². The number of ether oxygens (including phenoxy) is 2. The van der Waals surface area contributed by atoms with E-state index in [2.05, 4.69) is 24.0 Å². The summed E-state index contributed by atoms with van der Waals surface area (Å²) in [7, 11) is 3.40. The average Bonchev–Trinajstić information content (AvgIpc) is 2.79. The quantitative estimate of drug-likeness (QED) is 0.819. The van der Waals surface area contributed by atoms with E-state index >= 15 is 0 Å². The number of hydrogen-bond donors (Lipinski definition) is 0. The summed E-state index contributed by atoms with van der Waals surface area (Å²) in [6.07, 6.45) is 1.10. The van der Waals surface area contributed by atoms with Gasteiger partial charge in [0.25, 0.3) is 0 Å². The summed E-state index contributed by atoms with van der Waals surface area (Å²) in [6, 6.07) is 4.31. The molecule has 1 atom stereocenters. The normalized spacial score (nSPS) is 26.6. The molecule has 0 spiro atoms. The van der Waals surface area contributed by atoms with Crippen molar-refractivity contribution in [3.8, 4) is 11.5 Å². The maximum Gasteiger partial charge on any atom is 0.161 e. The maximum absolute atomic E-state index is 5.44. The summed E-state index contributed by atoms with van der Waals surface area (Å²) in [6.45, 7) is 4.66. The van der Waals surface area contributed by atoms with Crippen LogP contribution in [0.2, 0.25) is 0 Å². The molecule has 0 bridgehead atoms. The van der Waals surface area contributed by atoms with Crippen molar-refractivity contribution < 1.29 is 9.47 Å². The summed E-state index contributed by atoms with van der Waals surface area (Å²) >= 11 is 2.03. The molecule has 3 nitrogen and oxygen atoms in total. The Hall–Kier alpha value is -0.870. The van der Waals surface area contributed by atoms with Crippen LogP contribution in [0.4, 0.5) is 0 Å². The van der Waals surface area contributed by atoms with E-state index < -0.39 is 0 Å². The van der Waals surface area contributed by atoms with Crippen molar-refractivity contribution in [1.82, 2.24) is 4.90 Å². The zero-order chi connectivity index (χ0) is 12.8. The lowest BCUT2D eigenvalue weighted by molar-refractivity contribution is 0.196. The van der Waals surface area contributed by atoms with Crippen LogP contribution < -0.4 is 9.47 Å². The molecule has 0 saturated carbocycles. The summed E-state index contributed by atoms with van der Waals surface area (Å²) in [5.74, 6) is 2.90. The first-order valence-corrected chi connectivity index (χ1v) is 7.32. The van der Waals surface area contributed by atoms with E-state index in [-0.39, 0.29) is 4.87 Å². The van der Waals surface area contributed by atoms with E-state index in [0.717, 1.165) is 24.5 Å². The predicted octanol–water partition coefficient (Wildman–Crippen LogP) is 2.48. The van der Waals surface area contributed by atoms with Crippen LogP contribution in [0.15, 0.2) is 12.1 Å². The Kier molecular flexibility index (Phi) is 2.94. The summed E-state index contributed by atoms with van der Waals surface area (Å²) in [4.78, 5) is 2.69. The van der Waals surface area contributed by atoms with E-state index in [1.807, 2.05) is 11.8 Å². The van der Waals surface area contributed by atoms with Gasteiger partial charge in [-0.15, -0.1) is 11.8 Å². The van der Waals surface area contributed by atoms with E-state index in [1.54, 1.807) is 14.2 Å².